The minimum absolute atomic E-state index is 1.13. The topological polar surface area (TPSA) is 0 Å². The molecule has 0 heterocycles. The molecule has 1 rings (SSSR count). The molecular formula is C11H19P. The Kier molecular flexibility index (Phi) is 6.02. The van der Waals surface area contributed by atoms with Gasteiger partial charge in [0.1, 0.15) is 0 Å². The summed E-state index contributed by atoms with van der Waals surface area (Å²) in [5, 5.41) is 1.34. The molecule has 0 aliphatic heterocycles. The summed E-state index contributed by atoms with van der Waals surface area (Å²) in [5.41, 5.74) is 2.86. The Bertz CT molecular complexity index is 208. The van der Waals surface area contributed by atoms with Gasteiger partial charge in [-0.2, -0.15) is 0 Å². The van der Waals surface area contributed by atoms with Gasteiger partial charge < -0.3 is 0 Å². The number of rotatable bonds is 1. The predicted molar refractivity (Wildman–Crippen MR) is 61.2 cm³/mol. The van der Waals surface area contributed by atoms with Crippen LogP contribution in [0.2, 0.25) is 0 Å². The van der Waals surface area contributed by atoms with Gasteiger partial charge in [0, 0.05) is 0 Å². The fourth-order valence-corrected chi connectivity index (χ4v) is 1.75. The van der Waals surface area contributed by atoms with Crippen LogP contribution in [-0.2, 0) is 6.42 Å². The second-order valence-electron chi connectivity index (χ2n) is 2.50. The zero-order valence-corrected chi connectivity index (χ0v) is 9.67. The van der Waals surface area contributed by atoms with Gasteiger partial charge in [-0.1, -0.05) is 39.0 Å². The lowest BCUT2D eigenvalue weighted by Gasteiger charge is -2.04. The Morgan fingerprint density at radius 1 is 1.25 bits per heavy atom. The van der Waals surface area contributed by atoms with Gasteiger partial charge in [0.15, 0.2) is 0 Å². The highest BCUT2D eigenvalue weighted by molar-refractivity contribution is 7.27. The van der Waals surface area contributed by atoms with Crippen molar-refractivity contribution in [2.24, 2.45) is 0 Å². The molecule has 12 heavy (non-hydrogen) atoms. The van der Waals surface area contributed by atoms with Crippen LogP contribution in [0, 0.1) is 6.92 Å². The van der Waals surface area contributed by atoms with E-state index in [1.807, 2.05) is 13.8 Å². The van der Waals surface area contributed by atoms with Crippen LogP contribution in [0.3, 0.4) is 0 Å². The normalized spacial score (nSPS) is 8.75. The molecule has 0 spiro atoms. The first kappa shape index (κ1) is 11.6. The van der Waals surface area contributed by atoms with E-state index in [0.29, 0.717) is 0 Å². The third-order valence-electron chi connectivity index (χ3n) is 1.80. The van der Waals surface area contributed by atoms with E-state index in [0.717, 1.165) is 6.42 Å². The molecule has 1 unspecified atom stereocenters. The highest BCUT2D eigenvalue weighted by Crippen LogP contribution is 2.07. The Morgan fingerprint density at radius 2 is 1.83 bits per heavy atom. The van der Waals surface area contributed by atoms with Crippen molar-refractivity contribution >= 4 is 14.5 Å². The SMILES string of the molecule is CC.CCc1c(C)cccc1P. The average molecular weight is 182 g/mol. The smallest absolute Gasteiger partial charge is 0.0268 e. The van der Waals surface area contributed by atoms with Crippen LogP contribution in [0.4, 0.5) is 0 Å². The lowest BCUT2D eigenvalue weighted by molar-refractivity contribution is 1.12. The maximum atomic E-state index is 2.77. The molecule has 68 valence electrons. The molecule has 0 radical (unpaired) electrons. The Labute approximate surface area is 78.6 Å². The van der Waals surface area contributed by atoms with Gasteiger partial charge in [-0.3, -0.25) is 0 Å². The van der Waals surface area contributed by atoms with Crippen LogP contribution in [-0.4, -0.2) is 0 Å². The van der Waals surface area contributed by atoms with Crippen molar-refractivity contribution in [1.29, 1.82) is 0 Å². The molecule has 0 nitrogen and oxygen atoms in total. The summed E-state index contributed by atoms with van der Waals surface area (Å²) >= 11 is 0. The molecule has 0 aromatic heterocycles. The molecule has 0 amide bonds. The van der Waals surface area contributed by atoms with Crippen molar-refractivity contribution in [3.63, 3.8) is 0 Å². The third kappa shape index (κ3) is 2.95. The molecular weight excluding hydrogens is 163 g/mol. The quantitative estimate of drug-likeness (QED) is 0.585. The first-order valence-electron chi connectivity index (χ1n) is 4.59. The van der Waals surface area contributed by atoms with Gasteiger partial charge in [-0.25, -0.2) is 0 Å². The van der Waals surface area contributed by atoms with E-state index >= 15 is 0 Å². The Balaban J connectivity index is 0.000000561. The molecule has 0 N–H and O–H groups in total. The van der Waals surface area contributed by atoms with Crippen molar-refractivity contribution in [2.45, 2.75) is 34.1 Å². The molecule has 0 fully saturated rings. The van der Waals surface area contributed by atoms with E-state index in [-0.39, 0.29) is 0 Å². The second-order valence-corrected chi connectivity index (χ2v) is 3.12. The van der Waals surface area contributed by atoms with Crippen LogP contribution >= 0.6 is 9.24 Å². The molecule has 0 aliphatic rings. The Morgan fingerprint density at radius 3 is 2.17 bits per heavy atom. The minimum atomic E-state index is 1.13. The number of hydrogen-bond acceptors (Lipinski definition) is 0. The molecule has 1 aromatic carbocycles. The number of benzene rings is 1. The predicted octanol–water partition coefficient (Wildman–Crippen LogP) is 3.08. The lowest BCUT2D eigenvalue weighted by Crippen LogP contribution is -2.01. The van der Waals surface area contributed by atoms with Gasteiger partial charge in [-0.15, -0.1) is 9.24 Å². The summed E-state index contributed by atoms with van der Waals surface area (Å²) in [6.07, 6.45) is 1.13. The van der Waals surface area contributed by atoms with E-state index in [1.54, 1.807) is 0 Å². The average Bonchev–Trinajstić information content (AvgIpc) is 2.08. The van der Waals surface area contributed by atoms with Crippen LogP contribution in [0.25, 0.3) is 0 Å². The van der Waals surface area contributed by atoms with Crippen molar-refractivity contribution in [2.75, 3.05) is 0 Å². The van der Waals surface area contributed by atoms with Gasteiger partial charge in [-0.05, 0) is 29.8 Å². The number of aryl methyl sites for hydroxylation is 1. The van der Waals surface area contributed by atoms with Crippen molar-refractivity contribution < 1.29 is 0 Å². The van der Waals surface area contributed by atoms with Gasteiger partial charge in [0.2, 0.25) is 0 Å². The highest BCUT2D eigenvalue weighted by atomic mass is 31.0. The zero-order valence-electron chi connectivity index (χ0n) is 8.52. The summed E-state index contributed by atoms with van der Waals surface area (Å²) in [7, 11) is 2.77. The van der Waals surface area contributed by atoms with Gasteiger partial charge in [0.25, 0.3) is 0 Å². The van der Waals surface area contributed by atoms with Crippen molar-refractivity contribution in [1.82, 2.24) is 0 Å². The molecule has 1 aromatic rings. The van der Waals surface area contributed by atoms with Gasteiger partial charge >= 0.3 is 0 Å². The van der Waals surface area contributed by atoms with Gasteiger partial charge in [0.05, 0.1) is 0 Å². The standard InChI is InChI=1S/C9H13P.C2H6/c1-3-8-7(2)5-4-6-9(8)10;1-2/h4-6H,3,10H2,1-2H3;1-2H3. The lowest BCUT2D eigenvalue weighted by atomic mass is 10.1. The molecule has 0 saturated carbocycles. The minimum Gasteiger partial charge on any atom is -0.105 e. The van der Waals surface area contributed by atoms with E-state index < -0.39 is 0 Å². The van der Waals surface area contributed by atoms with Crippen LogP contribution in [0.5, 0.6) is 0 Å². The summed E-state index contributed by atoms with van der Waals surface area (Å²) in [5.74, 6) is 0. The van der Waals surface area contributed by atoms with Crippen LogP contribution in [0.15, 0.2) is 18.2 Å². The Hall–Kier alpha value is -0.350. The molecule has 1 heteroatoms. The summed E-state index contributed by atoms with van der Waals surface area (Å²) in [4.78, 5) is 0. The fourth-order valence-electron chi connectivity index (χ4n) is 1.21. The maximum Gasteiger partial charge on any atom is -0.0268 e. The van der Waals surface area contributed by atoms with E-state index in [9.17, 15) is 0 Å². The first-order chi connectivity index (χ1) is 5.75. The second kappa shape index (κ2) is 6.20. The van der Waals surface area contributed by atoms with Crippen molar-refractivity contribution in [3.8, 4) is 0 Å². The van der Waals surface area contributed by atoms with Crippen LogP contribution < -0.4 is 5.30 Å². The summed E-state index contributed by atoms with van der Waals surface area (Å²) in [6, 6.07) is 6.39. The zero-order chi connectivity index (χ0) is 9.56. The van der Waals surface area contributed by atoms with Crippen LogP contribution in [0.1, 0.15) is 31.9 Å². The van der Waals surface area contributed by atoms with E-state index in [1.165, 1.54) is 16.4 Å². The first-order valence-corrected chi connectivity index (χ1v) is 5.17. The molecule has 0 aliphatic carbocycles. The summed E-state index contributed by atoms with van der Waals surface area (Å²) < 4.78 is 0. The van der Waals surface area contributed by atoms with E-state index in [4.69, 9.17) is 0 Å². The molecule has 0 bridgehead atoms. The van der Waals surface area contributed by atoms with Crippen molar-refractivity contribution in [3.05, 3.63) is 29.3 Å². The maximum absolute atomic E-state index is 2.77. The monoisotopic (exact) mass is 182 g/mol. The summed E-state index contributed by atoms with van der Waals surface area (Å²) in [6.45, 7) is 8.35. The molecule has 0 saturated heterocycles. The largest absolute Gasteiger partial charge is 0.105 e. The fraction of sp³-hybridized carbons (Fsp3) is 0.455. The highest BCUT2D eigenvalue weighted by Gasteiger charge is 1.96. The van der Waals surface area contributed by atoms with E-state index in [2.05, 4.69) is 41.3 Å². The molecule has 1 atom stereocenters. The third-order valence-corrected chi connectivity index (χ3v) is 2.34. The number of hydrogen-bond donors (Lipinski definition) is 0.